The van der Waals surface area contributed by atoms with Gasteiger partial charge in [0.15, 0.2) is 5.54 Å². The summed E-state index contributed by atoms with van der Waals surface area (Å²) in [4.78, 5) is 12.0. The molecule has 1 atom stereocenters. The third-order valence-electron chi connectivity index (χ3n) is 3.47. The van der Waals surface area contributed by atoms with Gasteiger partial charge in [0.1, 0.15) is 23.9 Å². The van der Waals surface area contributed by atoms with Crippen LogP contribution in [0, 0.1) is 5.82 Å². The van der Waals surface area contributed by atoms with E-state index in [9.17, 15) is 14.3 Å². The highest BCUT2D eigenvalue weighted by atomic mass is 19.1. The van der Waals surface area contributed by atoms with Crippen LogP contribution >= 0.6 is 0 Å². The molecule has 5 nitrogen and oxygen atoms in total. The highest BCUT2D eigenvalue weighted by molar-refractivity contribution is 5.91. The molecule has 6 heteroatoms. The van der Waals surface area contributed by atoms with E-state index in [0.717, 1.165) is 0 Å². The smallest absolute Gasteiger partial charge is 0.251 e. The van der Waals surface area contributed by atoms with Crippen LogP contribution in [0.25, 0.3) is 0 Å². The number of rotatable bonds is 3. The van der Waals surface area contributed by atoms with Crippen molar-refractivity contribution in [2.45, 2.75) is 5.54 Å². The number of primary amides is 1. The lowest BCUT2D eigenvalue weighted by molar-refractivity contribution is -0.122. The summed E-state index contributed by atoms with van der Waals surface area (Å²) < 4.78 is 18.7. The molecule has 0 bridgehead atoms. The van der Waals surface area contributed by atoms with Crippen LogP contribution in [-0.2, 0) is 10.3 Å². The molecule has 0 saturated heterocycles. The second kappa shape index (κ2) is 4.66. The minimum Gasteiger partial charge on any atom is -0.508 e. The van der Waals surface area contributed by atoms with Crippen LogP contribution in [0.15, 0.2) is 42.5 Å². The fourth-order valence-corrected chi connectivity index (χ4v) is 2.43. The zero-order chi connectivity index (χ0) is 15.0. The molecule has 1 aliphatic rings. The van der Waals surface area contributed by atoms with Crippen LogP contribution in [0.2, 0.25) is 0 Å². The van der Waals surface area contributed by atoms with E-state index in [1.807, 2.05) is 0 Å². The molecule has 2 aromatic rings. The Morgan fingerprint density at radius 1 is 1.33 bits per heavy atom. The summed E-state index contributed by atoms with van der Waals surface area (Å²) in [5.74, 6) is -0.668. The molecule has 0 aromatic heterocycles. The fraction of sp³-hybridized carbons (Fsp3) is 0.133. The first-order valence-corrected chi connectivity index (χ1v) is 6.31. The molecule has 1 heterocycles. The van der Waals surface area contributed by atoms with Gasteiger partial charge in [0.05, 0.1) is 0 Å². The van der Waals surface area contributed by atoms with Gasteiger partial charge in [-0.25, -0.2) is 4.39 Å². The monoisotopic (exact) mass is 288 g/mol. The molecule has 2 aromatic carbocycles. The Labute approximate surface area is 120 Å². The summed E-state index contributed by atoms with van der Waals surface area (Å²) in [6.45, 7) is -0.0301. The van der Waals surface area contributed by atoms with Gasteiger partial charge >= 0.3 is 0 Å². The van der Waals surface area contributed by atoms with Crippen LogP contribution in [0.5, 0.6) is 11.5 Å². The zero-order valence-electron chi connectivity index (χ0n) is 11.0. The first-order chi connectivity index (χ1) is 10.0. The zero-order valence-corrected chi connectivity index (χ0v) is 11.0. The Morgan fingerprint density at radius 3 is 2.86 bits per heavy atom. The van der Waals surface area contributed by atoms with E-state index in [1.54, 1.807) is 12.1 Å². The van der Waals surface area contributed by atoms with Crippen molar-refractivity contribution in [2.24, 2.45) is 5.73 Å². The van der Waals surface area contributed by atoms with Crippen molar-refractivity contribution in [3.05, 3.63) is 53.8 Å². The number of amides is 1. The van der Waals surface area contributed by atoms with Gasteiger partial charge in [-0.05, 0) is 30.3 Å². The normalized spacial score (nSPS) is 19.7. The lowest BCUT2D eigenvalue weighted by Gasteiger charge is -2.27. The second-order valence-electron chi connectivity index (χ2n) is 4.87. The van der Waals surface area contributed by atoms with Crippen LogP contribution < -0.4 is 15.8 Å². The molecule has 0 radical (unpaired) electrons. The van der Waals surface area contributed by atoms with Crippen molar-refractivity contribution >= 4 is 11.6 Å². The average Bonchev–Trinajstić information content (AvgIpc) is 2.78. The predicted octanol–water partition coefficient (Wildman–Crippen LogP) is 1.72. The van der Waals surface area contributed by atoms with E-state index in [2.05, 4.69) is 5.32 Å². The number of ether oxygens (including phenoxy) is 1. The number of carbonyl (C=O) groups excluding carboxylic acids is 1. The molecular weight excluding hydrogens is 275 g/mol. The van der Waals surface area contributed by atoms with Crippen molar-refractivity contribution in [1.29, 1.82) is 0 Å². The molecule has 0 aliphatic carbocycles. The Kier molecular flexibility index (Phi) is 2.94. The SMILES string of the molecule is NC(=O)C1(Nc2cccc(F)c2)COc2cc(O)ccc21. The number of anilines is 1. The molecule has 1 unspecified atom stereocenters. The van der Waals surface area contributed by atoms with Gasteiger partial charge in [0.2, 0.25) is 0 Å². The molecule has 0 saturated carbocycles. The van der Waals surface area contributed by atoms with E-state index in [0.29, 0.717) is 17.0 Å². The van der Waals surface area contributed by atoms with E-state index >= 15 is 0 Å². The van der Waals surface area contributed by atoms with Gasteiger partial charge in [0.25, 0.3) is 5.91 Å². The van der Waals surface area contributed by atoms with Gasteiger partial charge in [0, 0.05) is 17.3 Å². The van der Waals surface area contributed by atoms with Crippen molar-refractivity contribution in [1.82, 2.24) is 0 Å². The van der Waals surface area contributed by atoms with Crippen molar-refractivity contribution in [2.75, 3.05) is 11.9 Å². The summed E-state index contributed by atoms with van der Waals surface area (Å²) in [5.41, 5.74) is 5.17. The van der Waals surface area contributed by atoms with Gasteiger partial charge in [-0.2, -0.15) is 0 Å². The molecule has 1 aliphatic heterocycles. The number of fused-ring (bicyclic) bond motifs is 1. The van der Waals surface area contributed by atoms with Crippen molar-refractivity contribution in [3.63, 3.8) is 0 Å². The number of benzene rings is 2. The first kappa shape index (κ1) is 13.2. The minimum atomic E-state index is -1.29. The van der Waals surface area contributed by atoms with Crippen LogP contribution in [0.4, 0.5) is 10.1 Å². The molecule has 4 N–H and O–H groups in total. The number of nitrogens with one attached hydrogen (secondary N) is 1. The number of hydrogen-bond donors (Lipinski definition) is 3. The Bertz CT molecular complexity index is 720. The van der Waals surface area contributed by atoms with Gasteiger partial charge < -0.3 is 20.9 Å². The standard InChI is InChI=1S/C15H13FN2O3/c16-9-2-1-3-10(6-9)18-15(14(17)20)8-21-13-7-11(19)4-5-12(13)15/h1-7,18-19H,8H2,(H2,17,20). The molecule has 108 valence electrons. The fourth-order valence-electron chi connectivity index (χ4n) is 2.43. The Morgan fingerprint density at radius 2 is 2.14 bits per heavy atom. The number of carbonyl (C=O) groups is 1. The summed E-state index contributed by atoms with van der Waals surface area (Å²) in [5, 5.41) is 12.4. The molecule has 0 fully saturated rings. The number of hydrogen-bond acceptors (Lipinski definition) is 4. The maximum atomic E-state index is 13.3. The van der Waals surface area contributed by atoms with Crippen LogP contribution in [0.1, 0.15) is 5.56 Å². The van der Waals surface area contributed by atoms with E-state index in [1.165, 1.54) is 30.3 Å². The molecule has 21 heavy (non-hydrogen) atoms. The molecule has 1 amide bonds. The number of halogens is 1. The third-order valence-corrected chi connectivity index (χ3v) is 3.47. The largest absolute Gasteiger partial charge is 0.508 e. The molecular formula is C15H13FN2O3. The highest BCUT2D eigenvalue weighted by Gasteiger charge is 2.46. The Balaban J connectivity index is 2.06. The van der Waals surface area contributed by atoms with Crippen LogP contribution in [0.3, 0.4) is 0 Å². The quantitative estimate of drug-likeness (QED) is 0.803. The Hall–Kier alpha value is -2.76. The second-order valence-corrected chi connectivity index (χ2v) is 4.87. The van der Waals surface area contributed by atoms with Gasteiger partial charge in [-0.15, -0.1) is 0 Å². The minimum absolute atomic E-state index is 0.0276. The lowest BCUT2D eigenvalue weighted by atomic mass is 9.90. The lowest BCUT2D eigenvalue weighted by Crippen LogP contribution is -2.49. The number of phenols is 1. The maximum absolute atomic E-state index is 13.3. The average molecular weight is 288 g/mol. The predicted molar refractivity (Wildman–Crippen MR) is 74.5 cm³/mol. The summed E-state index contributed by atoms with van der Waals surface area (Å²) in [7, 11) is 0. The topological polar surface area (TPSA) is 84.6 Å². The molecule has 0 spiro atoms. The maximum Gasteiger partial charge on any atom is 0.251 e. The third kappa shape index (κ3) is 2.14. The highest BCUT2D eigenvalue weighted by Crippen LogP contribution is 2.41. The molecule has 3 rings (SSSR count). The summed E-state index contributed by atoms with van der Waals surface area (Å²) in [6, 6.07) is 10.1. The van der Waals surface area contributed by atoms with E-state index in [-0.39, 0.29) is 12.4 Å². The van der Waals surface area contributed by atoms with Crippen molar-refractivity contribution < 1.29 is 19.0 Å². The number of phenolic OH excluding ortho intramolecular Hbond substituents is 1. The number of nitrogens with two attached hydrogens (primary N) is 1. The van der Waals surface area contributed by atoms with Crippen molar-refractivity contribution in [3.8, 4) is 11.5 Å². The summed E-state index contributed by atoms with van der Waals surface area (Å²) >= 11 is 0. The van der Waals surface area contributed by atoms with E-state index < -0.39 is 17.3 Å². The summed E-state index contributed by atoms with van der Waals surface area (Å²) in [6.07, 6.45) is 0. The van der Waals surface area contributed by atoms with Crippen LogP contribution in [-0.4, -0.2) is 17.6 Å². The van der Waals surface area contributed by atoms with E-state index in [4.69, 9.17) is 10.5 Å². The first-order valence-electron chi connectivity index (χ1n) is 6.31. The number of aromatic hydroxyl groups is 1. The van der Waals surface area contributed by atoms with Gasteiger partial charge in [-0.1, -0.05) is 6.07 Å². The van der Waals surface area contributed by atoms with Gasteiger partial charge in [-0.3, -0.25) is 4.79 Å².